The van der Waals surface area contributed by atoms with Crippen molar-refractivity contribution in [2.45, 2.75) is 6.42 Å². The molecule has 0 atom stereocenters. The largest absolute Gasteiger partial charge is 0.391 e. The highest BCUT2D eigenvalue weighted by Crippen LogP contribution is 2.01. The lowest BCUT2D eigenvalue weighted by molar-refractivity contribution is -0.910. The minimum atomic E-state index is 0.168. The molecule has 4 nitrogen and oxygen atoms in total. The van der Waals surface area contributed by atoms with Crippen LogP contribution in [0.2, 0.25) is 0 Å². The van der Waals surface area contributed by atoms with Gasteiger partial charge in [-0.2, -0.15) is 0 Å². The van der Waals surface area contributed by atoms with Crippen molar-refractivity contribution in [2.24, 2.45) is 5.73 Å². The van der Waals surface area contributed by atoms with Crippen LogP contribution in [0, 0.1) is 0 Å². The van der Waals surface area contributed by atoms with Gasteiger partial charge in [-0.3, -0.25) is 0 Å². The molecule has 0 spiro atoms. The maximum Gasteiger partial charge on any atom is 0.102 e. The van der Waals surface area contributed by atoms with Gasteiger partial charge in [-0.15, -0.1) is 0 Å². The van der Waals surface area contributed by atoms with Crippen LogP contribution in [0.4, 0.5) is 0 Å². The molecule has 12 heavy (non-hydrogen) atoms. The van der Waals surface area contributed by atoms with Crippen LogP contribution in [-0.2, 0) is 0 Å². The highest BCUT2D eigenvalue weighted by atomic mass is 16.3. The Labute approximate surface area is 74.2 Å². The number of aliphatic hydroxyl groups excluding tert-OH is 2. The van der Waals surface area contributed by atoms with Gasteiger partial charge in [-0.1, -0.05) is 0 Å². The fourth-order valence-electron chi connectivity index (χ4n) is 1.29. The van der Waals surface area contributed by atoms with Crippen molar-refractivity contribution in [2.75, 3.05) is 46.4 Å². The Bertz CT molecular complexity index is 103. The first-order chi connectivity index (χ1) is 5.68. The predicted molar refractivity (Wildman–Crippen MR) is 48.6 cm³/mol. The molecule has 0 heterocycles. The quantitative estimate of drug-likeness (QED) is 0.426. The van der Waals surface area contributed by atoms with Crippen LogP contribution >= 0.6 is 0 Å². The normalized spacial score (nSPS) is 12.0. The zero-order valence-corrected chi connectivity index (χ0v) is 7.87. The lowest BCUT2D eigenvalue weighted by Gasteiger charge is -2.33. The van der Waals surface area contributed by atoms with Crippen molar-refractivity contribution >= 4 is 0 Å². The van der Waals surface area contributed by atoms with Crippen molar-refractivity contribution in [3.8, 4) is 0 Å². The van der Waals surface area contributed by atoms with Gasteiger partial charge in [0.15, 0.2) is 0 Å². The predicted octanol–water partition coefficient (Wildman–Crippen LogP) is -1.23. The summed E-state index contributed by atoms with van der Waals surface area (Å²) in [4.78, 5) is 0. The van der Waals surface area contributed by atoms with E-state index in [9.17, 15) is 0 Å². The second-order valence-corrected chi connectivity index (χ2v) is 3.38. The van der Waals surface area contributed by atoms with Crippen molar-refractivity contribution < 1.29 is 14.7 Å². The maximum absolute atomic E-state index is 8.80. The molecular weight excluding hydrogens is 156 g/mol. The molecule has 4 N–H and O–H groups in total. The molecule has 0 aliphatic heterocycles. The molecule has 0 fully saturated rings. The van der Waals surface area contributed by atoms with E-state index in [1.807, 2.05) is 7.05 Å². The van der Waals surface area contributed by atoms with Gasteiger partial charge in [0.25, 0.3) is 0 Å². The Kier molecular flexibility index (Phi) is 6.28. The summed E-state index contributed by atoms with van der Waals surface area (Å²) in [7, 11) is 2.03. The Morgan fingerprint density at radius 3 is 1.92 bits per heavy atom. The number of likely N-dealkylation sites (N-methyl/N-ethyl adjacent to an activating group) is 1. The summed E-state index contributed by atoms with van der Waals surface area (Å²) >= 11 is 0. The second-order valence-electron chi connectivity index (χ2n) is 3.38. The van der Waals surface area contributed by atoms with Crippen molar-refractivity contribution in [1.29, 1.82) is 0 Å². The highest BCUT2D eigenvalue weighted by Gasteiger charge is 2.18. The molecule has 0 amide bonds. The summed E-state index contributed by atoms with van der Waals surface area (Å²) in [5.41, 5.74) is 5.39. The monoisotopic (exact) mass is 177 g/mol. The number of hydrogen-bond donors (Lipinski definition) is 3. The van der Waals surface area contributed by atoms with Crippen LogP contribution in [0.1, 0.15) is 6.42 Å². The molecule has 0 aliphatic carbocycles. The highest BCUT2D eigenvalue weighted by molar-refractivity contribution is 4.42. The SMILES string of the molecule is C[N+](CCO)(CCO)CCCN. The van der Waals surface area contributed by atoms with Gasteiger partial charge < -0.3 is 20.4 Å². The molecule has 0 saturated carbocycles. The van der Waals surface area contributed by atoms with E-state index >= 15 is 0 Å². The molecule has 0 aromatic heterocycles. The van der Waals surface area contributed by atoms with E-state index in [1.54, 1.807) is 0 Å². The van der Waals surface area contributed by atoms with E-state index in [0.717, 1.165) is 13.0 Å². The molecule has 0 bridgehead atoms. The number of rotatable bonds is 7. The Morgan fingerprint density at radius 1 is 1.08 bits per heavy atom. The van der Waals surface area contributed by atoms with Gasteiger partial charge in [-0.05, 0) is 6.54 Å². The number of hydrogen-bond acceptors (Lipinski definition) is 3. The second kappa shape index (κ2) is 6.37. The van der Waals surface area contributed by atoms with Crippen LogP contribution in [0.5, 0.6) is 0 Å². The summed E-state index contributed by atoms with van der Waals surface area (Å²) in [6.07, 6.45) is 0.941. The summed E-state index contributed by atoms with van der Waals surface area (Å²) in [6, 6.07) is 0. The fraction of sp³-hybridized carbons (Fsp3) is 1.00. The number of quaternary nitrogens is 1. The van der Waals surface area contributed by atoms with Gasteiger partial charge in [-0.25, -0.2) is 0 Å². The first-order valence-electron chi connectivity index (χ1n) is 4.44. The van der Waals surface area contributed by atoms with E-state index in [2.05, 4.69) is 0 Å². The fourth-order valence-corrected chi connectivity index (χ4v) is 1.29. The van der Waals surface area contributed by atoms with Crippen LogP contribution in [0.25, 0.3) is 0 Å². The first-order valence-corrected chi connectivity index (χ1v) is 4.44. The Morgan fingerprint density at radius 2 is 1.58 bits per heavy atom. The molecule has 0 aromatic rings. The van der Waals surface area contributed by atoms with E-state index in [-0.39, 0.29) is 13.2 Å². The van der Waals surface area contributed by atoms with Crippen molar-refractivity contribution in [1.82, 2.24) is 0 Å². The van der Waals surface area contributed by atoms with E-state index in [4.69, 9.17) is 15.9 Å². The molecule has 4 heteroatoms. The minimum absolute atomic E-state index is 0.168. The number of nitrogens with zero attached hydrogens (tertiary/aromatic N) is 1. The lowest BCUT2D eigenvalue weighted by Crippen LogP contribution is -2.49. The van der Waals surface area contributed by atoms with Gasteiger partial charge in [0, 0.05) is 6.42 Å². The maximum atomic E-state index is 8.80. The van der Waals surface area contributed by atoms with E-state index in [1.165, 1.54) is 0 Å². The van der Waals surface area contributed by atoms with Crippen LogP contribution in [-0.4, -0.2) is 61.1 Å². The summed E-state index contributed by atoms with van der Waals surface area (Å²) in [5, 5.41) is 17.6. The average Bonchev–Trinajstić information content (AvgIpc) is 2.02. The number of nitrogens with two attached hydrogens (primary N) is 1. The topological polar surface area (TPSA) is 66.5 Å². The van der Waals surface area contributed by atoms with Crippen molar-refractivity contribution in [3.05, 3.63) is 0 Å². The first kappa shape index (κ1) is 11.8. The standard InChI is InChI=1S/C8H21N2O2/c1-10(5-7-11,6-8-12)4-2-3-9/h11-12H,2-9H2,1H3/q+1. The summed E-state index contributed by atoms with van der Waals surface area (Å²) < 4.78 is 0.712. The number of aliphatic hydroxyl groups is 2. The molecule has 0 aliphatic rings. The van der Waals surface area contributed by atoms with E-state index in [0.29, 0.717) is 24.1 Å². The van der Waals surface area contributed by atoms with Crippen LogP contribution in [0.3, 0.4) is 0 Å². The average molecular weight is 177 g/mol. The van der Waals surface area contributed by atoms with Crippen LogP contribution in [0.15, 0.2) is 0 Å². The molecule has 0 radical (unpaired) electrons. The smallest absolute Gasteiger partial charge is 0.102 e. The lowest BCUT2D eigenvalue weighted by atomic mass is 10.3. The Balaban J connectivity index is 3.80. The molecule has 0 aromatic carbocycles. The summed E-state index contributed by atoms with van der Waals surface area (Å²) in [6.45, 7) is 3.32. The molecule has 0 saturated heterocycles. The van der Waals surface area contributed by atoms with E-state index < -0.39 is 0 Å². The Hall–Kier alpha value is -0.160. The zero-order chi connectivity index (χ0) is 9.45. The van der Waals surface area contributed by atoms with Gasteiger partial charge in [0.1, 0.15) is 13.1 Å². The third-order valence-corrected chi connectivity index (χ3v) is 2.18. The van der Waals surface area contributed by atoms with Gasteiger partial charge in [0.05, 0.1) is 26.8 Å². The van der Waals surface area contributed by atoms with Crippen LogP contribution < -0.4 is 5.73 Å². The molecule has 0 rings (SSSR count). The van der Waals surface area contributed by atoms with Crippen molar-refractivity contribution in [3.63, 3.8) is 0 Å². The molecule has 0 unspecified atom stereocenters. The molecular formula is C8H21N2O2+. The third kappa shape index (κ3) is 4.66. The van der Waals surface area contributed by atoms with Gasteiger partial charge >= 0.3 is 0 Å². The zero-order valence-electron chi connectivity index (χ0n) is 7.87. The summed E-state index contributed by atoms with van der Waals surface area (Å²) in [5.74, 6) is 0. The molecule has 74 valence electrons. The third-order valence-electron chi connectivity index (χ3n) is 2.18. The minimum Gasteiger partial charge on any atom is -0.391 e. The van der Waals surface area contributed by atoms with Gasteiger partial charge in [0.2, 0.25) is 0 Å².